The lowest BCUT2D eigenvalue weighted by Gasteiger charge is -2.09. The third kappa shape index (κ3) is 2.50. The van der Waals surface area contributed by atoms with Gasteiger partial charge in [-0.05, 0) is 18.6 Å². The predicted molar refractivity (Wildman–Crippen MR) is 70.6 cm³/mol. The Hall–Kier alpha value is -1.16. The molecule has 2 rings (SSSR count). The molecule has 1 aromatic rings. The number of aliphatic imine (C=N–C) groups is 1. The van der Waals surface area contributed by atoms with Gasteiger partial charge < -0.3 is 10.1 Å². The van der Waals surface area contributed by atoms with Gasteiger partial charge in [-0.2, -0.15) is 0 Å². The number of rotatable bonds is 3. The van der Waals surface area contributed by atoms with Crippen LogP contribution in [-0.2, 0) is 0 Å². The van der Waals surface area contributed by atoms with Gasteiger partial charge in [0, 0.05) is 5.75 Å². The zero-order valence-electron chi connectivity index (χ0n) is 9.56. The van der Waals surface area contributed by atoms with Crippen molar-refractivity contribution in [1.82, 2.24) is 0 Å². The van der Waals surface area contributed by atoms with Crippen LogP contribution in [-0.4, -0.2) is 24.1 Å². The molecule has 0 aromatic heterocycles. The first kappa shape index (κ1) is 11.3. The molecule has 16 heavy (non-hydrogen) atoms. The Labute approximate surface area is 100 Å². The quantitative estimate of drug-likeness (QED) is 0.876. The highest BCUT2D eigenvalue weighted by Crippen LogP contribution is 2.27. The van der Waals surface area contributed by atoms with Crippen LogP contribution in [0.4, 0.5) is 5.69 Å². The van der Waals surface area contributed by atoms with Crippen molar-refractivity contribution >= 4 is 22.6 Å². The van der Waals surface area contributed by atoms with Crippen LogP contribution < -0.4 is 10.1 Å². The molecule has 0 aliphatic carbocycles. The van der Waals surface area contributed by atoms with Crippen molar-refractivity contribution in [3.8, 4) is 5.75 Å². The van der Waals surface area contributed by atoms with E-state index in [1.807, 2.05) is 24.3 Å². The Kier molecular flexibility index (Phi) is 3.72. The average molecular weight is 236 g/mol. The summed E-state index contributed by atoms with van der Waals surface area (Å²) in [6, 6.07) is 8.36. The van der Waals surface area contributed by atoms with E-state index in [-0.39, 0.29) is 0 Å². The second kappa shape index (κ2) is 5.25. The molecule has 4 heteroatoms. The van der Waals surface area contributed by atoms with Crippen LogP contribution in [0.25, 0.3) is 0 Å². The van der Waals surface area contributed by atoms with Crippen LogP contribution in [0.2, 0.25) is 0 Å². The zero-order valence-corrected chi connectivity index (χ0v) is 10.4. The number of para-hydroxylation sites is 2. The number of thioether (sulfide) groups is 1. The second-order valence-electron chi connectivity index (χ2n) is 3.63. The molecule has 1 aliphatic rings. The Morgan fingerprint density at radius 2 is 2.31 bits per heavy atom. The third-order valence-electron chi connectivity index (χ3n) is 2.53. The van der Waals surface area contributed by atoms with Crippen molar-refractivity contribution in [3.63, 3.8) is 0 Å². The summed E-state index contributed by atoms with van der Waals surface area (Å²) in [6.07, 6.45) is 1.10. The van der Waals surface area contributed by atoms with E-state index >= 15 is 0 Å². The number of nitrogens with one attached hydrogen (secondary N) is 1. The summed E-state index contributed by atoms with van der Waals surface area (Å²) in [5.74, 6) is 1.93. The van der Waals surface area contributed by atoms with Crippen LogP contribution in [0.1, 0.15) is 13.3 Å². The van der Waals surface area contributed by atoms with E-state index < -0.39 is 0 Å². The molecule has 0 amide bonds. The summed E-state index contributed by atoms with van der Waals surface area (Å²) in [5, 5.41) is 4.31. The number of hydrogen-bond acceptors (Lipinski definition) is 4. The molecule has 1 aliphatic heterocycles. The van der Waals surface area contributed by atoms with Gasteiger partial charge in [0.25, 0.3) is 0 Å². The van der Waals surface area contributed by atoms with Crippen molar-refractivity contribution in [2.24, 2.45) is 4.99 Å². The molecule has 0 saturated carbocycles. The fourth-order valence-electron chi connectivity index (χ4n) is 1.56. The minimum atomic E-state index is 0.460. The number of benzene rings is 1. The Bertz CT molecular complexity index is 392. The molecule has 0 saturated heterocycles. The maximum atomic E-state index is 5.28. The molecule has 0 bridgehead atoms. The monoisotopic (exact) mass is 236 g/mol. The lowest BCUT2D eigenvalue weighted by molar-refractivity contribution is 0.417. The van der Waals surface area contributed by atoms with Gasteiger partial charge in [-0.15, -0.1) is 0 Å². The predicted octanol–water partition coefficient (Wildman–Crippen LogP) is 2.99. The highest BCUT2D eigenvalue weighted by Gasteiger charge is 2.17. The number of ether oxygens (including phenoxy) is 1. The maximum absolute atomic E-state index is 5.28. The van der Waals surface area contributed by atoms with Gasteiger partial charge in [-0.25, -0.2) is 0 Å². The third-order valence-corrected chi connectivity index (χ3v) is 3.56. The number of amidine groups is 1. The van der Waals surface area contributed by atoms with Crippen molar-refractivity contribution < 1.29 is 4.74 Å². The van der Waals surface area contributed by atoms with Crippen LogP contribution in [0.15, 0.2) is 29.3 Å². The highest BCUT2D eigenvalue weighted by atomic mass is 32.2. The minimum absolute atomic E-state index is 0.460. The summed E-state index contributed by atoms with van der Waals surface area (Å²) in [6.45, 7) is 2.17. The van der Waals surface area contributed by atoms with Crippen LogP contribution >= 0.6 is 11.8 Å². The lowest BCUT2D eigenvalue weighted by atomic mass is 10.3. The van der Waals surface area contributed by atoms with Gasteiger partial charge >= 0.3 is 0 Å². The van der Waals surface area contributed by atoms with Crippen LogP contribution in [0, 0.1) is 0 Å². The number of methoxy groups -OCH3 is 1. The standard InChI is InChI=1S/C12H16N2OS/c1-3-9-8-16-12(13-9)14-10-6-4-5-7-11(10)15-2/h4-7,9H,3,8H2,1-2H3,(H,13,14)/t9-/m1/s1. The van der Waals surface area contributed by atoms with Crippen molar-refractivity contribution in [2.75, 3.05) is 18.2 Å². The highest BCUT2D eigenvalue weighted by molar-refractivity contribution is 8.14. The topological polar surface area (TPSA) is 33.6 Å². The van der Waals surface area contributed by atoms with E-state index in [2.05, 4.69) is 17.2 Å². The molecule has 1 heterocycles. The fourth-order valence-corrected chi connectivity index (χ4v) is 2.62. The van der Waals surface area contributed by atoms with E-state index in [4.69, 9.17) is 4.74 Å². The summed E-state index contributed by atoms with van der Waals surface area (Å²) >= 11 is 1.77. The summed E-state index contributed by atoms with van der Waals surface area (Å²) in [7, 11) is 1.68. The van der Waals surface area contributed by atoms with Crippen LogP contribution in [0.5, 0.6) is 5.75 Å². The van der Waals surface area contributed by atoms with Gasteiger partial charge in [0.1, 0.15) is 5.75 Å². The van der Waals surface area contributed by atoms with E-state index in [9.17, 15) is 0 Å². The van der Waals surface area contributed by atoms with Gasteiger partial charge in [-0.3, -0.25) is 4.99 Å². The first-order chi connectivity index (χ1) is 7.83. The molecule has 0 spiro atoms. The molecule has 0 fully saturated rings. The normalized spacial score (nSPS) is 19.4. The summed E-state index contributed by atoms with van der Waals surface area (Å²) in [5.41, 5.74) is 0.980. The van der Waals surface area contributed by atoms with E-state index in [0.29, 0.717) is 6.04 Å². The summed E-state index contributed by atoms with van der Waals surface area (Å²) in [4.78, 5) is 4.59. The van der Waals surface area contributed by atoms with E-state index in [0.717, 1.165) is 28.8 Å². The Morgan fingerprint density at radius 3 is 3.00 bits per heavy atom. The van der Waals surface area contributed by atoms with Crippen molar-refractivity contribution in [3.05, 3.63) is 24.3 Å². The maximum Gasteiger partial charge on any atom is 0.161 e. The van der Waals surface area contributed by atoms with Crippen molar-refractivity contribution in [1.29, 1.82) is 0 Å². The first-order valence-electron chi connectivity index (χ1n) is 5.44. The molecule has 3 nitrogen and oxygen atoms in total. The molecule has 86 valence electrons. The Balaban J connectivity index is 2.09. The first-order valence-corrected chi connectivity index (χ1v) is 6.42. The second-order valence-corrected chi connectivity index (χ2v) is 4.64. The fraction of sp³-hybridized carbons (Fsp3) is 0.417. The van der Waals surface area contributed by atoms with Crippen LogP contribution in [0.3, 0.4) is 0 Å². The van der Waals surface area contributed by atoms with Gasteiger partial charge in [-0.1, -0.05) is 30.8 Å². The van der Waals surface area contributed by atoms with E-state index in [1.54, 1.807) is 18.9 Å². The zero-order chi connectivity index (χ0) is 11.4. The van der Waals surface area contributed by atoms with Crippen molar-refractivity contribution in [2.45, 2.75) is 19.4 Å². The SMILES string of the molecule is CC[C@@H]1CSC(Nc2ccccc2OC)=N1. The van der Waals surface area contributed by atoms with Gasteiger partial charge in [0.15, 0.2) is 5.17 Å². The summed E-state index contributed by atoms with van der Waals surface area (Å²) < 4.78 is 5.28. The largest absolute Gasteiger partial charge is 0.495 e. The molecule has 1 N–H and O–H groups in total. The Morgan fingerprint density at radius 1 is 1.50 bits per heavy atom. The number of anilines is 1. The molecule has 0 radical (unpaired) electrons. The lowest BCUT2D eigenvalue weighted by Crippen LogP contribution is -2.06. The molecule has 1 aromatic carbocycles. The minimum Gasteiger partial charge on any atom is -0.495 e. The molecular weight excluding hydrogens is 220 g/mol. The number of hydrogen-bond donors (Lipinski definition) is 1. The molecule has 1 atom stereocenters. The smallest absolute Gasteiger partial charge is 0.161 e. The molecular formula is C12H16N2OS. The van der Waals surface area contributed by atoms with E-state index in [1.165, 1.54) is 0 Å². The van der Waals surface area contributed by atoms with Gasteiger partial charge in [0.05, 0.1) is 18.8 Å². The average Bonchev–Trinajstić information content (AvgIpc) is 2.77. The van der Waals surface area contributed by atoms with Gasteiger partial charge in [0.2, 0.25) is 0 Å². The number of nitrogens with zero attached hydrogens (tertiary/aromatic N) is 1. The molecule has 0 unspecified atom stereocenters.